The number of hydrogen-bond donors (Lipinski definition) is 2. The van der Waals surface area contributed by atoms with Crippen LogP contribution in [0.2, 0.25) is 0 Å². The highest BCUT2D eigenvalue weighted by Gasteiger charge is 2.28. The van der Waals surface area contributed by atoms with Crippen molar-refractivity contribution in [3.8, 4) is 5.75 Å². The third-order valence-corrected chi connectivity index (χ3v) is 3.13. The number of carbonyl (C=O) groups is 1. The second-order valence-electron chi connectivity index (χ2n) is 4.68. The van der Waals surface area contributed by atoms with Gasteiger partial charge in [0.25, 0.3) is 5.91 Å². The molecule has 0 fully saturated rings. The molecule has 2 aromatic carbocycles. The van der Waals surface area contributed by atoms with Crippen molar-refractivity contribution in [2.45, 2.75) is 12.5 Å². The molecule has 0 bridgehead atoms. The van der Waals surface area contributed by atoms with Crippen molar-refractivity contribution in [2.24, 2.45) is 0 Å². The van der Waals surface area contributed by atoms with Gasteiger partial charge in [0.2, 0.25) is 0 Å². The van der Waals surface area contributed by atoms with E-state index >= 15 is 0 Å². The summed E-state index contributed by atoms with van der Waals surface area (Å²) in [5.41, 5.74) is 7.11. The van der Waals surface area contributed by atoms with Crippen LogP contribution in [0.5, 0.6) is 5.75 Å². The maximum Gasteiger partial charge on any atom is 0.265 e. The van der Waals surface area contributed by atoms with Crippen LogP contribution in [-0.4, -0.2) is 12.0 Å². The van der Waals surface area contributed by atoms with Gasteiger partial charge in [0.15, 0.2) is 6.10 Å². The summed E-state index contributed by atoms with van der Waals surface area (Å²) in [6, 6.07) is 11.4. The number of nitrogens with two attached hydrogens (primary N) is 1. The number of amides is 1. The van der Waals surface area contributed by atoms with Gasteiger partial charge in [0.05, 0.1) is 0 Å². The molecule has 102 valence electrons. The van der Waals surface area contributed by atoms with Gasteiger partial charge in [-0.2, -0.15) is 0 Å². The molecule has 0 aromatic heterocycles. The smallest absolute Gasteiger partial charge is 0.265 e. The highest BCUT2D eigenvalue weighted by molar-refractivity contribution is 5.95. The summed E-state index contributed by atoms with van der Waals surface area (Å²) in [6.07, 6.45) is -0.0933. The Hall–Kier alpha value is -2.56. The first-order chi connectivity index (χ1) is 9.61. The second kappa shape index (κ2) is 4.85. The number of benzene rings is 2. The van der Waals surface area contributed by atoms with Gasteiger partial charge in [-0.3, -0.25) is 4.79 Å². The quantitative estimate of drug-likeness (QED) is 0.825. The van der Waals surface area contributed by atoms with Crippen molar-refractivity contribution >= 4 is 17.3 Å². The molecule has 1 unspecified atom stereocenters. The first kappa shape index (κ1) is 12.5. The molecule has 3 rings (SSSR count). The van der Waals surface area contributed by atoms with Crippen LogP contribution in [0.15, 0.2) is 42.5 Å². The van der Waals surface area contributed by atoms with Crippen molar-refractivity contribution in [3.63, 3.8) is 0 Å². The van der Waals surface area contributed by atoms with E-state index in [0.29, 0.717) is 17.9 Å². The summed E-state index contributed by atoms with van der Waals surface area (Å²) in [6.45, 7) is 0. The fourth-order valence-electron chi connectivity index (χ4n) is 2.24. The number of para-hydroxylation sites is 1. The number of rotatable bonds is 2. The second-order valence-corrected chi connectivity index (χ2v) is 4.68. The number of anilines is 2. The number of nitrogens with one attached hydrogen (secondary N) is 1. The Kier molecular flexibility index (Phi) is 3.02. The lowest BCUT2D eigenvalue weighted by molar-refractivity contribution is -0.122. The van der Waals surface area contributed by atoms with Crippen molar-refractivity contribution in [2.75, 3.05) is 11.1 Å². The summed E-state index contributed by atoms with van der Waals surface area (Å²) >= 11 is 0. The van der Waals surface area contributed by atoms with E-state index in [1.807, 2.05) is 24.3 Å². The normalized spacial score (nSPS) is 16.4. The maximum atomic E-state index is 13.2. The Balaban J connectivity index is 1.72. The Morgan fingerprint density at radius 2 is 2.10 bits per heavy atom. The molecule has 1 heterocycles. The fourth-order valence-corrected chi connectivity index (χ4v) is 2.24. The third-order valence-electron chi connectivity index (χ3n) is 3.13. The molecule has 3 N–H and O–H groups in total. The molecule has 1 atom stereocenters. The van der Waals surface area contributed by atoms with E-state index in [2.05, 4.69) is 5.32 Å². The lowest BCUT2D eigenvalue weighted by Gasteiger charge is -2.11. The largest absolute Gasteiger partial charge is 0.480 e. The number of hydrogen-bond acceptors (Lipinski definition) is 3. The number of ether oxygens (including phenoxy) is 1. The molecule has 0 saturated carbocycles. The van der Waals surface area contributed by atoms with Gasteiger partial charge in [0.1, 0.15) is 11.6 Å². The molecule has 0 aliphatic carbocycles. The summed E-state index contributed by atoms with van der Waals surface area (Å²) in [5, 5.41) is 2.62. The van der Waals surface area contributed by atoms with Crippen LogP contribution in [0.3, 0.4) is 0 Å². The zero-order valence-corrected chi connectivity index (χ0v) is 10.6. The Labute approximate surface area is 115 Å². The van der Waals surface area contributed by atoms with Crippen LogP contribution in [-0.2, 0) is 11.2 Å². The average molecular weight is 272 g/mol. The number of halogens is 1. The lowest BCUT2D eigenvalue weighted by atomic mass is 10.1. The Bertz CT molecular complexity index is 627. The topological polar surface area (TPSA) is 64.3 Å². The summed E-state index contributed by atoms with van der Waals surface area (Å²) in [7, 11) is 0. The van der Waals surface area contributed by atoms with Crippen LogP contribution < -0.4 is 15.8 Å². The molecule has 4 nitrogen and oxygen atoms in total. The molecule has 1 aliphatic heterocycles. The minimum Gasteiger partial charge on any atom is -0.480 e. The molecule has 1 aliphatic rings. The van der Waals surface area contributed by atoms with Crippen molar-refractivity contribution in [1.82, 2.24) is 0 Å². The molecular formula is C15H13FN2O2. The van der Waals surface area contributed by atoms with E-state index in [1.165, 1.54) is 18.2 Å². The predicted molar refractivity (Wildman–Crippen MR) is 74.0 cm³/mol. The molecular weight excluding hydrogens is 259 g/mol. The predicted octanol–water partition coefficient (Wildman–Crippen LogP) is 2.35. The van der Waals surface area contributed by atoms with E-state index in [0.717, 1.165) is 5.56 Å². The molecule has 0 radical (unpaired) electrons. The highest BCUT2D eigenvalue weighted by atomic mass is 19.1. The summed E-state index contributed by atoms with van der Waals surface area (Å²) < 4.78 is 18.8. The Morgan fingerprint density at radius 3 is 2.85 bits per heavy atom. The van der Waals surface area contributed by atoms with Crippen LogP contribution >= 0.6 is 0 Å². The van der Waals surface area contributed by atoms with E-state index in [1.54, 1.807) is 0 Å². The first-order valence-corrected chi connectivity index (χ1v) is 6.23. The molecule has 0 saturated heterocycles. The summed E-state index contributed by atoms with van der Waals surface area (Å²) in [4.78, 5) is 12.1. The molecule has 0 spiro atoms. The number of nitrogen functional groups attached to an aromatic ring is 1. The van der Waals surface area contributed by atoms with E-state index in [4.69, 9.17) is 10.5 Å². The SMILES string of the molecule is Nc1cc(F)cc(NC(=O)C2Cc3ccccc3O2)c1. The van der Waals surface area contributed by atoms with Crippen LogP contribution in [0.25, 0.3) is 0 Å². The number of carbonyl (C=O) groups excluding carboxylic acids is 1. The van der Waals surface area contributed by atoms with Crippen molar-refractivity contribution < 1.29 is 13.9 Å². The minimum atomic E-state index is -0.600. The average Bonchev–Trinajstić information content (AvgIpc) is 2.81. The first-order valence-electron chi connectivity index (χ1n) is 6.23. The van der Waals surface area contributed by atoms with Gasteiger partial charge in [0, 0.05) is 17.8 Å². The maximum absolute atomic E-state index is 13.2. The van der Waals surface area contributed by atoms with Gasteiger partial charge < -0.3 is 15.8 Å². The van der Waals surface area contributed by atoms with Crippen molar-refractivity contribution in [3.05, 3.63) is 53.8 Å². The Morgan fingerprint density at radius 1 is 1.30 bits per heavy atom. The molecule has 1 amide bonds. The zero-order chi connectivity index (χ0) is 14.1. The van der Waals surface area contributed by atoms with Crippen molar-refractivity contribution in [1.29, 1.82) is 0 Å². The standard InChI is InChI=1S/C15H13FN2O2/c16-10-6-11(17)8-12(7-10)18-15(19)14-5-9-3-1-2-4-13(9)20-14/h1-4,6-8,14H,5,17H2,(H,18,19). The monoisotopic (exact) mass is 272 g/mol. The van der Waals surface area contributed by atoms with Gasteiger partial charge in [-0.05, 0) is 29.8 Å². The molecule has 20 heavy (non-hydrogen) atoms. The van der Waals surface area contributed by atoms with E-state index in [9.17, 15) is 9.18 Å². The van der Waals surface area contributed by atoms with Gasteiger partial charge in [-0.1, -0.05) is 18.2 Å². The highest BCUT2D eigenvalue weighted by Crippen LogP contribution is 2.28. The molecule has 5 heteroatoms. The summed E-state index contributed by atoms with van der Waals surface area (Å²) in [5.74, 6) is -0.0893. The minimum absolute atomic E-state index is 0.260. The van der Waals surface area contributed by atoms with Crippen LogP contribution in [0.4, 0.5) is 15.8 Å². The van der Waals surface area contributed by atoms with Gasteiger partial charge in [-0.25, -0.2) is 4.39 Å². The van der Waals surface area contributed by atoms with Crippen LogP contribution in [0.1, 0.15) is 5.56 Å². The van der Waals surface area contributed by atoms with E-state index < -0.39 is 11.9 Å². The van der Waals surface area contributed by atoms with Gasteiger partial charge in [-0.15, -0.1) is 0 Å². The lowest BCUT2D eigenvalue weighted by Crippen LogP contribution is -2.31. The van der Waals surface area contributed by atoms with E-state index in [-0.39, 0.29) is 11.6 Å². The zero-order valence-electron chi connectivity index (χ0n) is 10.6. The number of fused-ring (bicyclic) bond motifs is 1. The molecule has 2 aromatic rings. The van der Waals surface area contributed by atoms with Gasteiger partial charge >= 0.3 is 0 Å². The fraction of sp³-hybridized carbons (Fsp3) is 0.133. The van der Waals surface area contributed by atoms with Crippen LogP contribution in [0, 0.1) is 5.82 Å². The third kappa shape index (κ3) is 2.42.